The van der Waals surface area contributed by atoms with Gasteiger partial charge in [-0.3, -0.25) is 0 Å². The maximum absolute atomic E-state index is 5.27. The van der Waals surface area contributed by atoms with E-state index in [2.05, 4.69) is 22.7 Å². The van der Waals surface area contributed by atoms with Crippen molar-refractivity contribution in [2.24, 2.45) is 17.7 Å². The molecule has 1 heterocycles. The average Bonchev–Trinajstić information content (AvgIpc) is 2.92. The molecule has 0 aromatic carbocycles. The van der Waals surface area contributed by atoms with E-state index in [4.69, 9.17) is 5.84 Å². The fraction of sp³-hybridized carbons (Fsp3) is 0.500. The number of anilines is 2. The molecule has 0 radical (unpaired) electrons. The maximum Gasteiger partial charge on any atom is 0.142 e. The molecule has 1 aliphatic rings. The second-order valence-corrected chi connectivity index (χ2v) is 3.91. The van der Waals surface area contributed by atoms with Crippen LogP contribution in [0.2, 0.25) is 0 Å². The summed E-state index contributed by atoms with van der Waals surface area (Å²) in [5, 5.41) is 3.31. The number of pyridine rings is 1. The normalized spacial score (nSPS) is 24.4. The highest BCUT2D eigenvalue weighted by Crippen LogP contribution is 2.37. The molecular formula is C10H16N4. The highest BCUT2D eigenvalue weighted by atomic mass is 15.3. The molecule has 0 amide bonds. The number of nitrogens with zero attached hydrogens (tertiary/aromatic N) is 1. The van der Waals surface area contributed by atoms with Gasteiger partial charge in [0.15, 0.2) is 0 Å². The lowest BCUT2D eigenvalue weighted by molar-refractivity contribution is 0.784. The largest absolute Gasteiger partial charge is 0.370 e. The van der Waals surface area contributed by atoms with Crippen LogP contribution in [0.3, 0.4) is 0 Å². The third kappa shape index (κ3) is 2.14. The van der Waals surface area contributed by atoms with Crippen molar-refractivity contribution in [3.63, 3.8) is 0 Å². The minimum absolute atomic E-state index is 0.693. The van der Waals surface area contributed by atoms with Crippen LogP contribution in [0.25, 0.3) is 0 Å². The van der Waals surface area contributed by atoms with E-state index in [0.29, 0.717) is 5.82 Å². The summed E-state index contributed by atoms with van der Waals surface area (Å²) >= 11 is 0. The molecule has 1 aliphatic carbocycles. The number of hydrogen-bond acceptors (Lipinski definition) is 4. The molecule has 4 nitrogen and oxygen atoms in total. The molecule has 1 saturated carbocycles. The van der Waals surface area contributed by atoms with Crippen molar-refractivity contribution < 1.29 is 0 Å². The van der Waals surface area contributed by atoms with E-state index in [1.54, 1.807) is 0 Å². The van der Waals surface area contributed by atoms with Gasteiger partial charge in [-0.2, -0.15) is 0 Å². The standard InChI is InChI=1S/C10H16N4/c1-7-5-8(7)6-12-9-3-2-4-10(13-9)14-11/h2-4,7-8H,5-6,11H2,1H3,(H2,12,13,14). The predicted octanol–water partition coefficient (Wildman–Crippen LogP) is 1.44. The van der Waals surface area contributed by atoms with Crippen molar-refractivity contribution in [1.82, 2.24) is 4.98 Å². The van der Waals surface area contributed by atoms with Crippen molar-refractivity contribution in [3.05, 3.63) is 18.2 Å². The average molecular weight is 192 g/mol. The molecule has 0 saturated heterocycles. The fourth-order valence-electron chi connectivity index (χ4n) is 1.53. The van der Waals surface area contributed by atoms with Crippen molar-refractivity contribution in [2.45, 2.75) is 13.3 Å². The van der Waals surface area contributed by atoms with Crippen LogP contribution in [0.15, 0.2) is 18.2 Å². The SMILES string of the molecule is CC1CC1CNc1cccc(NN)n1. The van der Waals surface area contributed by atoms with E-state index in [0.717, 1.165) is 24.2 Å². The number of rotatable bonds is 4. The minimum Gasteiger partial charge on any atom is -0.370 e. The van der Waals surface area contributed by atoms with Crippen LogP contribution in [0.5, 0.6) is 0 Å². The fourth-order valence-corrected chi connectivity index (χ4v) is 1.53. The first-order chi connectivity index (χ1) is 6.79. The van der Waals surface area contributed by atoms with Gasteiger partial charge in [0.05, 0.1) is 0 Å². The molecule has 2 atom stereocenters. The van der Waals surface area contributed by atoms with Crippen LogP contribution in [0, 0.1) is 11.8 Å². The molecule has 2 unspecified atom stereocenters. The molecule has 4 heteroatoms. The number of hydrogen-bond donors (Lipinski definition) is 3. The van der Waals surface area contributed by atoms with E-state index in [1.165, 1.54) is 6.42 Å². The van der Waals surface area contributed by atoms with Gasteiger partial charge in [0, 0.05) is 6.54 Å². The Balaban J connectivity index is 1.88. The van der Waals surface area contributed by atoms with Crippen LogP contribution in [0.1, 0.15) is 13.3 Å². The second kappa shape index (κ2) is 3.84. The first-order valence-corrected chi connectivity index (χ1v) is 4.97. The summed E-state index contributed by atoms with van der Waals surface area (Å²) in [5.74, 6) is 8.55. The molecule has 1 aromatic rings. The Morgan fingerprint density at radius 3 is 2.86 bits per heavy atom. The molecular weight excluding hydrogens is 176 g/mol. The summed E-state index contributed by atoms with van der Waals surface area (Å²) in [6.07, 6.45) is 1.34. The van der Waals surface area contributed by atoms with E-state index < -0.39 is 0 Å². The molecule has 0 spiro atoms. The molecule has 4 N–H and O–H groups in total. The van der Waals surface area contributed by atoms with Crippen molar-refractivity contribution >= 4 is 11.6 Å². The summed E-state index contributed by atoms with van der Waals surface area (Å²) in [7, 11) is 0. The Morgan fingerprint density at radius 1 is 1.50 bits per heavy atom. The predicted molar refractivity (Wildman–Crippen MR) is 57.8 cm³/mol. The summed E-state index contributed by atoms with van der Waals surface area (Å²) in [6, 6.07) is 5.72. The van der Waals surface area contributed by atoms with Gasteiger partial charge in [-0.1, -0.05) is 13.0 Å². The first-order valence-electron chi connectivity index (χ1n) is 4.97. The highest BCUT2D eigenvalue weighted by Gasteiger charge is 2.31. The number of hydrazine groups is 1. The lowest BCUT2D eigenvalue weighted by Gasteiger charge is -2.06. The molecule has 1 aromatic heterocycles. The number of aromatic nitrogens is 1. The zero-order valence-corrected chi connectivity index (χ0v) is 8.33. The molecule has 1 fully saturated rings. The Labute approximate surface area is 83.9 Å². The molecule has 0 bridgehead atoms. The van der Waals surface area contributed by atoms with E-state index in [1.807, 2.05) is 18.2 Å². The van der Waals surface area contributed by atoms with Gasteiger partial charge in [-0.15, -0.1) is 0 Å². The summed E-state index contributed by atoms with van der Waals surface area (Å²) in [4.78, 5) is 4.27. The Morgan fingerprint density at radius 2 is 2.21 bits per heavy atom. The number of nitrogens with one attached hydrogen (secondary N) is 2. The minimum atomic E-state index is 0.693. The summed E-state index contributed by atoms with van der Waals surface area (Å²) < 4.78 is 0. The van der Waals surface area contributed by atoms with Crippen LogP contribution < -0.4 is 16.6 Å². The lowest BCUT2D eigenvalue weighted by Crippen LogP contribution is -2.11. The topological polar surface area (TPSA) is 63.0 Å². The van der Waals surface area contributed by atoms with Gasteiger partial charge < -0.3 is 10.7 Å². The zero-order valence-electron chi connectivity index (χ0n) is 8.33. The van der Waals surface area contributed by atoms with Crippen LogP contribution >= 0.6 is 0 Å². The lowest BCUT2D eigenvalue weighted by atomic mass is 10.3. The van der Waals surface area contributed by atoms with Gasteiger partial charge in [0.25, 0.3) is 0 Å². The Bertz CT molecular complexity index is 313. The van der Waals surface area contributed by atoms with Gasteiger partial charge in [-0.05, 0) is 30.4 Å². The monoisotopic (exact) mass is 192 g/mol. The Hall–Kier alpha value is -1.29. The summed E-state index contributed by atoms with van der Waals surface area (Å²) in [6.45, 7) is 3.29. The van der Waals surface area contributed by atoms with Crippen LogP contribution in [-0.4, -0.2) is 11.5 Å². The smallest absolute Gasteiger partial charge is 0.142 e. The first kappa shape index (κ1) is 9.27. The highest BCUT2D eigenvalue weighted by molar-refractivity contribution is 5.44. The van der Waals surface area contributed by atoms with E-state index in [-0.39, 0.29) is 0 Å². The maximum atomic E-state index is 5.27. The van der Waals surface area contributed by atoms with E-state index >= 15 is 0 Å². The van der Waals surface area contributed by atoms with Gasteiger partial charge in [0.2, 0.25) is 0 Å². The van der Waals surface area contributed by atoms with Crippen molar-refractivity contribution in [1.29, 1.82) is 0 Å². The van der Waals surface area contributed by atoms with Gasteiger partial charge in [-0.25, -0.2) is 10.8 Å². The number of nitrogens with two attached hydrogens (primary N) is 1. The van der Waals surface area contributed by atoms with Crippen LogP contribution in [0.4, 0.5) is 11.6 Å². The number of nitrogen functional groups attached to an aromatic ring is 1. The van der Waals surface area contributed by atoms with Gasteiger partial charge >= 0.3 is 0 Å². The van der Waals surface area contributed by atoms with E-state index in [9.17, 15) is 0 Å². The third-order valence-corrected chi connectivity index (χ3v) is 2.72. The third-order valence-electron chi connectivity index (χ3n) is 2.72. The second-order valence-electron chi connectivity index (χ2n) is 3.91. The van der Waals surface area contributed by atoms with Gasteiger partial charge in [0.1, 0.15) is 11.6 Å². The Kier molecular flexibility index (Phi) is 2.54. The molecule has 14 heavy (non-hydrogen) atoms. The van der Waals surface area contributed by atoms with Crippen molar-refractivity contribution in [3.8, 4) is 0 Å². The van der Waals surface area contributed by atoms with Crippen LogP contribution in [-0.2, 0) is 0 Å². The zero-order chi connectivity index (χ0) is 9.97. The summed E-state index contributed by atoms with van der Waals surface area (Å²) in [5.41, 5.74) is 2.53. The quantitative estimate of drug-likeness (QED) is 0.499. The molecule has 2 rings (SSSR count). The van der Waals surface area contributed by atoms with Crippen molar-refractivity contribution in [2.75, 3.05) is 17.3 Å². The molecule has 0 aliphatic heterocycles. The molecule has 76 valence electrons.